The molecule has 3 heteroatoms. The van der Waals surface area contributed by atoms with Crippen LogP contribution in [0.25, 0.3) is 0 Å². The molecule has 0 spiro atoms. The van der Waals surface area contributed by atoms with Crippen LogP contribution in [0.5, 0.6) is 11.6 Å². The van der Waals surface area contributed by atoms with Gasteiger partial charge in [-0.2, -0.15) is 0 Å². The van der Waals surface area contributed by atoms with Gasteiger partial charge in [-0.05, 0) is 35.7 Å². The van der Waals surface area contributed by atoms with E-state index in [2.05, 4.69) is 4.98 Å². The van der Waals surface area contributed by atoms with Crippen LogP contribution in [-0.2, 0) is 0 Å². The molecule has 0 aliphatic rings. The normalized spacial score (nSPS) is 11.9. The summed E-state index contributed by atoms with van der Waals surface area (Å²) in [5.74, 6) is 1.35. The number of para-hydroxylation sites is 1. The first-order valence-electron chi connectivity index (χ1n) is 7.24. The molecular formula is C19H18N2O. The second-order valence-corrected chi connectivity index (χ2v) is 5.18. The first-order chi connectivity index (χ1) is 10.7. The van der Waals surface area contributed by atoms with Crippen LogP contribution >= 0.6 is 0 Å². The molecule has 0 aliphatic heterocycles. The summed E-state index contributed by atoms with van der Waals surface area (Å²) in [6.45, 7) is 2.03. The predicted molar refractivity (Wildman–Crippen MR) is 88.0 cm³/mol. The molecule has 0 aliphatic carbocycles. The second-order valence-electron chi connectivity index (χ2n) is 5.18. The summed E-state index contributed by atoms with van der Waals surface area (Å²) in [7, 11) is 0. The summed E-state index contributed by atoms with van der Waals surface area (Å²) < 4.78 is 5.75. The molecule has 0 amide bonds. The van der Waals surface area contributed by atoms with Gasteiger partial charge in [0.1, 0.15) is 5.75 Å². The third-order valence-electron chi connectivity index (χ3n) is 3.59. The summed E-state index contributed by atoms with van der Waals surface area (Å²) in [5.41, 5.74) is 9.49. The van der Waals surface area contributed by atoms with Crippen LogP contribution in [-0.4, -0.2) is 4.98 Å². The maximum Gasteiger partial charge on any atom is 0.219 e. The molecule has 1 atom stereocenters. The highest BCUT2D eigenvalue weighted by Gasteiger charge is 2.12. The molecule has 2 aromatic carbocycles. The lowest BCUT2D eigenvalue weighted by Gasteiger charge is -2.15. The molecule has 0 radical (unpaired) electrons. The van der Waals surface area contributed by atoms with Gasteiger partial charge in [0.05, 0.1) is 6.04 Å². The van der Waals surface area contributed by atoms with E-state index in [1.54, 1.807) is 6.20 Å². The fourth-order valence-electron chi connectivity index (χ4n) is 2.37. The molecular weight excluding hydrogens is 272 g/mol. The van der Waals surface area contributed by atoms with Crippen LogP contribution in [0.15, 0.2) is 72.9 Å². The standard InChI is InChI=1S/C19H18N2O/c1-14-12-18(22-16-10-6-3-7-11-16)21-13-17(14)19(20)15-8-4-2-5-9-15/h2-13,19H,20H2,1H3/t19-/m0/s1. The Morgan fingerprint density at radius 3 is 2.23 bits per heavy atom. The van der Waals surface area contributed by atoms with E-state index < -0.39 is 0 Å². The Kier molecular flexibility index (Phi) is 4.17. The van der Waals surface area contributed by atoms with Crippen LogP contribution in [0.3, 0.4) is 0 Å². The number of ether oxygens (including phenoxy) is 1. The van der Waals surface area contributed by atoms with E-state index in [9.17, 15) is 0 Å². The van der Waals surface area contributed by atoms with Gasteiger partial charge in [-0.1, -0.05) is 48.5 Å². The maximum absolute atomic E-state index is 6.34. The molecule has 3 aromatic rings. The number of hydrogen-bond acceptors (Lipinski definition) is 3. The highest BCUT2D eigenvalue weighted by Crippen LogP contribution is 2.26. The van der Waals surface area contributed by atoms with Crippen molar-refractivity contribution < 1.29 is 4.74 Å². The van der Waals surface area contributed by atoms with Crippen molar-refractivity contribution >= 4 is 0 Å². The van der Waals surface area contributed by atoms with Crippen molar-refractivity contribution in [1.82, 2.24) is 4.98 Å². The number of aromatic nitrogens is 1. The molecule has 0 fully saturated rings. The number of hydrogen-bond donors (Lipinski definition) is 1. The monoisotopic (exact) mass is 290 g/mol. The van der Waals surface area contributed by atoms with Gasteiger partial charge in [0.15, 0.2) is 0 Å². The van der Waals surface area contributed by atoms with Gasteiger partial charge in [-0.3, -0.25) is 0 Å². The Bertz CT molecular complexity index is 742. The van der Waals surface area contributed by atoms with Gasteiger partial charge < -0.3 is 10.5 Å². The van der Waals surface area contributed by atoms with Crippen LogP contribution in [0.4, 0.5) is 0 Å². The van der Waals surface area contributed by atoms with Crippen LogP contribution in [0.1, 0.15) is 22.7 Å². The number of rotatable bonds is 4. The first-order valence-corrected chi connectivity index (χ1v) is 7.24. The van der Waals surface area contributed by atoms with Gasteiger partial charge in [0, 0.05) is 12.3 Å². The number of pyridine rings is 1. The van der Waals surface area contributed by atoms with Crippen LogP contribution in [0, 0.1) is 6.92 Å². The lowest BCUT2D eigenvalue weighted by atomic mass is 9.98. The number of benzene rings is 2. The summed E-state index contributed by atoms with van der Waals surface area (Å²) in [6, 6.07) is 21.4. The largest absolute Gasteiger partial charge is 0.439 e. The zero-order chi connectivity index (χ0) is 15.4. The van der Waals surface area contributed by atoms with Gasteiger partial charge in [-0.25, -0.2) is 4.98 Å². The van der Waals surface area contributed by atoms with Gasteiger partial charge in [0.2, 0.25) is 5.88 Å². The molecule has 110 valence electrons. The third kappa shape index (κ3) is 3.15. The molecule has 0 saturated heterocycles. The SMILES string of the molecule is Cc1cc(Oc2ccccc2)ncc1[C@@H](N)c1ccccc1. The smallest absolute Gasteiger partial charge is 0.219 e. The average Bonchev–Trinajstić information content (AvgIpc) is 2.56. The van der Waals surface area contributed by atoms with Crippen molar-refractivity contribution in [2.75, 3.05) is 0 Å². The molecule has 3 nitrogen and oxygen atoms in total. The zero-order valence-corrected chi connectivity index (χ0v) is 12.4. The first kappa shape index (κ1) is 14.3. The Labute approximate surface area is 130 Å². The minimum atomic E-state index is -0.181. The molecule has 0 unspecified atom stereocenters. The van der Waals surface area contributed by atoms with Crippen molar-refractivity contribution in [1.29, 1.82) is 0 Å². The van der Waals surface area contributed by atoms with Crippen molar-refractivity contribution in [3.05, 3.63) is 89.6 Å². The van der Waals surface area contributed by atoms with Crippen molar-refractivity contribution in [3.8, 4) is 11.6 Å². The van der Waals surface area contributed by atoms with Gasteiger partial charge in [0.25, 0.3) is 0 Å². The second kappa shape index (κ2) is 6.41. The van der Waals surface area contributed by atoms with Gasteiger partial charge in [-0.15, -0.1) is 0 Å². The predicted octanol–water partition coefficient (Wildman–Crippen LogP) is 4.23. The lowest BCUT2D eigenvalue weighted by molar-refractivity contribution is 0.462. The minimum Gasteiger partial charge on any atom is -0.439 e. The fraction of sp³-hybridized carbons (Fsp3) is 0.105. The zero-order valence-electron chi connectivity index (χ0n) is 12.4. The Morgan fingerprint density at radius 1 is 0.955 bits per heavy atom. The lowest BCUT2D eigenvalue weighted by Crippen LogP contribution is -2.13. The van der Waals surface area contributed by atoms with Gasteiger partial charge >= 0.3 is 0 Å². The van der Waals surface area contributed by atoms with E-state index in [1.807, 2.05) is 73.7 Å². The van der Waals surface area contributed by atoms with E-state index in [-0.39, 0.29) is 6.04 Å². The molecule has 2 N–H and O–H groups in total. The van der Waals surface area contributed by atoms with E-state index in [1.165, 1.54) is 0 Å². The highest BCUT2D eigenvalue weighted by atomic mass is 16.5. The van der Waals surface area contributed by atoms with Crippen molar-refractivity contribution in [3.63, 3.8) is 0 Å². The maximum atomic E-state index is 6.34. The van der Waals surface area contributed by atoms with E-state index in [0.717, 1.165) is 22.4 Å². The summed E-state index contributed by atoms with van der Waals surface area (Å²) >= 11 is 0. The van der Waals surface area contributed by atoms with Crippen LogP contribution < -0.4 is 10.5 Å². The van der Waals surface area contributed by atoms with E-state index >= 15 is 0 Å². The number of nitrogens with two attached hydrogens (primary N) is 1. The van der Waals surface area contributed by atoms with Crippen molar-refractivity contribution in [2.24, 2.45) is 5.73 Å². The molecule has 0 saturated carbocycles. The van der Waals surface area contributed by atoms with Crippen molar-refractivity contribution in [2.45, 2.75) is 13.0 Å². The number of nitrogens with zero attached hydrogens (tertiary/aromatic N) is 1. The molecule has 22 heavy (non-hydrogen) atoms. The summed E-state index contributed by atoms with van der Waals surface area (Å²) in [6.07, 6.45) is 1.80. The Hall–Kier alpha value is -2.65. The van der Waals surface area contributed by atoms with E-state index in [0.29, 0.717) is 5.88 Å². The minimum absolute atomic E-state index is 0.181. The summed E-state index contributed by atoms with van der Waals surface area (Å²) in [5, 5.41) is 0. The number of aryl methyl sites for hydroxylation is 1. The third-order valence-corrected chi connectivity index (χ3v) is 3.59. The Morgan fingerprint density at radius 2 is 1.59 bits per heavy atom. The molecule has 1 heterocycles. The summed E-state index contributed by atoms with van der Waals surface area (Å²) in [4.78, 5) is 4.38. The van der Waals surface area contributed by atoms with E-state index in [4.69, 9.17) is 10.5 Å². The Balaban J connectivity index is 1.83. The quantitative estimate of drug-likeness (QED) is 0.782. The fourth-order valence-corrected chi connectivity index (χ4v) is 2.37. The molecule has 3 rings (SSSR count). The average molecular weight is 290 g/mol. The molecule has 1 aromatic heterocycles. The highest BCUT2D eigenvalue weighted by molar-refractivity contribution is 5.38. The molecule has 0 bridgehead atoms. The topological polar surface area (TPSA) is 48.1 Å². The van der Waals surface area contributed by atoms with Crippen LogP contribution in [0.2, 0.25) is 0 Å².